The summed E-state index contributed by atoms with van der Waals surface area (Å²) in [6, 6.07) is 18.3. The Bertz CT molecular complexity index is 943. The van der Waals surface area contributed by atoms with E-state index in [0.29, 0.717) is 11.6 Å². The summed E-state index contributed by atoms with van der Waals surface area (Å²) in [4.78, 5) is 20.1. The SMILES string of the molecule is CN(CCc1ccccc1)C1CCN(C(=O)c2ccc3[nH]c(O)cc3c2)CC1. The van der Waals surface area contributed by atoms with Crippen molar-refractivity contribution in [2.45, 2.75) is 25.3 Å². The van der Waals surface area contributed by atoms with Crippen LogP contribution in [0.4, 0.5) is 0 Å². The molecule has 0 bridgehead atoms. The number of carbonyl (C=O) groups is 1. The van der Waals surface area contributed by atoms with Gasteiger partial charge in [-0.3, -0.25) is 4.79 Å². The van der Waals surface area contributed by atoms with Crippen molar-refractivity contribution in [2.24, 2.45) is 0 Å². The summed E-state index contributed by atoms with van der Waals surface area (Å²) in [6.07, 6.45) is 3.06. The highest BCUT2D eigenvalue weighted by molar-refractivity contribution is 5.98. The number of aromatic hydroxyl groups is 1. The van der Waals surface area contributed by atoms with E-state index in [-0.39, 0.29) is 11.8 Å². The molecule has 28 heavy (non-hydrogen) atoms. The number of likely N-dealkylation sites (N-methyl/N-ethyl adjacent to an activating group) is 1. The summed E-state index contributed by atoms with van der Waals surface area (Å²) in [6.45, 7) is 2.61. The number of amides is 1. The summed E-state index contributed by atoms with van der Waals surface area (Å²) >= 11 is 0. The molecule has 0 spiro atoms. The Labute approximate surface area is 165 Å². The Kier molecular flexibility index (Phi) is 5.35. The standard InChI is InChI=1S/C23H27N3O2/c1-25(12-9-17-5-3-2-4-6-17)20-10-13-26(14-11-20)23(28)18-7-8-21-19(15-18)16-22(27)24-21/h2-8,15-16,20,24,27H,9-14H2,1H3. The highest BCUT2D eigenvalue weighted by Gasteiger charge is 2.26. The number of hydrogen-bond donors (Lipinski definition) is 2. The first kappa shape index (κ1) is 18.6. The fourth-order valence-electron chi connectivity index (χ4n) is 4.08. The second-order valence-electron chi connectivity index (χ2n) is 7.70. The van der Waals surface area contributed by atoms with Gasteiger partial charge in [0.2, 0.25) is 0 Å². The average molecular weight is 377 g/mol. The molecule has 1 fully saturated rings. The maximum absolute atomic E-state index is 12.9. The second-order valence-corrected chi connectivity index (χ2v) is 7.70. The smallest absolute Gasteiger partial charge is 0.253 e. The molecule has 0 aliphatic carbocycles. The molecule has 0 atom stereocenters. The highest BCUT2D eigenvalue weighted by Crippen LogP contribution is 2.23. The summed E-state index contributed by atoms with van der Waals surface area (Å²) in [5.41, 5.74) is 2.89. The van der Waals surface area contributed by atoms with Gasteiger partial charge in [0.05, 0.1) is 0 Å². The van der Waals surface area contributed by atoms with Crippen LogP contribution in [0.25, 0.3) is 10.9 Å². The monoisotopic (exact) mass is 377 g/mol. The Morgan fingerprint density at radius 1 is 1.14 bits per heavy atom. The van der Waals surface area contributed by atoms with E-state index in [4.69, 9.17) is 0 Å². The Morgan fingerprint density at radius 2 is 1.89 bits per heavy atom. The van der Waals surface area contributed by atoms with E-state index in [1.54, 1.807) is 6.07 Å². The summed E-state index contributed by atoms with van der Waals surface area (Å²) in [5.74, 6) is 0.201. The molecule has 1 aliphatic rings. The third-order valence-corrected chi connectivity index (χ3v) is 5.82. The van der Waals surface area contributed by atoms with Crippen LogP contribution in [0.3, 0.4) is 0 Å². The number of hydrogen-bond acceptors (Lipinski definition) is 3. The van der Waals surface area contributed by atoms with Gasteiger partial charge in [-0.15, -0.1) is 0 Å². The van der Waals surface area contributed by atoms with Gasteiger partial charge >= 0.3 is 0 Å². The number of fused-ring (bicyclic) bond motifs is 1. The molecule has 2 heterocycles. The van der Waals surface area contributed by atoms with Gasteiger partial charge in [-0.05, 0) is 50.1 Å². The zero-order chi connectivity index (χ0) is 19.5. The number of likely N-dealkylation sites (tertiary alicyclic amines) is 1. The molecule has 1 aromatic heterocycles. The van der Waals surface area contributed by atoms with Crippen molar-refractivity contribution in [3.8, 4) is 5.88 Å². The van der Waals surface area contributed by atoms with Crippen LogP contribution in [0.2, 0.25) is 0 Å². The highest BCUT2D eigenvalue weighted by atomic mass is 16.3. The maximum atomic E-state index is 12.9. The van der Waals surface area contributed by atoms with Crippen molar-refractivity contribution in [2.75, 3.05) is 26.7 Å². The van der Waals surface area contributed by atoms with Crippen molar-refractivity contribution in [3.63, 3.8) is 0 Å². The van der Waals surface area contributed by atoms with E-state index in [1.807, 2.05) is 23.1 Å². The van der Waals surface area contributed by atoms with Crippen LogP contribution in [0.1, 0.15) is 28.8 Å². The second kappa shape index (κ2) is 8.07. The quantitative estimate of drug-likeness (QED) is 0.713. The van der Waals surface area contributed by atoms with Gasteiger partial charge in [-0.25, -0.2) is 0 Å². The lowest BCUT2D eigenvalue weighted by atomic mass is 10.0. The first-order chi connectivity index (χ1) is 13.6. The Balaban J connectivity index is 1.31. The lowest BCUT2D eigenvalue weighted by molar-refractivity contribution is 0.0647. The van der Waals surface area contributed by atoms with Gasteiger partial charge in [-0.2, -0.15) is 0 Å². The van der Waals surface area contributed by atoms with Crippen LogP contribution in [-0.2, 0) is 6.42 Å². The molecule has 4 rings (SSSR count). The molecule has 0 saturated carbocycles. The number of benzene rings is 2. The minimum absolute atomic E-state index is 0.0768. The molecule has 2 aromatic carbocycles. The van der Waals surface area contributed by atoms with E-state index < -0.39 is 0 Å². The van der Waals surface area contributed by atoms with E-state index in [1.165, 1.54) is 5.56 Å². The Morgan fingerprint density at radius 3 is 2.64 bits per heavy atom. The lowest BCUT2D eigenvalue weighted by Crippen LogP contribution is -2.46. The van der Waals surface area contributed by atoms with E-state index in [2.05, 4.69) is 47.3 Å². The molecule has 146 valence electrons. The molecule has 0 radical (unpaired) electrons. The van der Waals surface area contributed by atoms with Crippen LogP contribution in [0.5, 0.6) is 5.88 Å². The number of aromatic amines is 1. The molecular weight excluding hydrogens is 350 g/mol. The fraction of sp³-hybridized carbons (Fsp3) is 0.348. The number of nitrogens with zero attached hydrogens (tertiary/aromatic N) is 2. The Hall–Kier alpha value is -2.79. The van der Waals surface area contributed by atoms with Crippen LogP contribution in [0.15, 0.2) is 54.6 Å². The normalized spacial score (nSPS) is 15.4. The van der Waals surface area contributed by atoms with Gasteiger partial charge in [-0.1, -0.05) is 30.3 Å². The molecule has 2 N–H and O–H groups in total. The number of rotatable bonds is 5. The van der Waals surface area contributed by atoms with Gasteiger partial charge < -0.3 is 19.9 Å². The van der Waals surface area contributed by atoms with Gasteiger partial charge in [0, 0.05) is 48.2 Å². The van der Waals surface area contributed by atoms with Crippen molar-refractivity contribution < 1.29 is 9.90 Å². The van der Waals surface area contributed by atoms with Crippen LogP contribution < -0.4 is 0 Å². The van der Waals surface area contributed by atoms with Crippen molar-refractivity contribution in [1.82, 2.24) is 14.8 Å². The third-order valence-electron chi connectivity index (χ3n) is 5.82. The molecule has 1 amide bonds. The molecule has 3 aromatic rings. The summed E-state index contributed by atoms with van der Waals surface area (Å²) in [5, 5.41) is 10.4. The third kappa shape index (κ3) is 4.04. The first-order valence-electron chi connectivity index (χ1n) is 9.95. The molecule has 1 aliphatic heterocycles. The van der Waals surface area contributed by atoms with E-state index in [0.717, 1.165) is 49.8 Å². The van der Waals surface area contributed by atoms with Gasteiger partial charge in [0.25, 0.3) is 5.91 Å². The van der Waals surface area contributed by atoms with Crippen molar-refractivity contribution >= 4 is 16.8 Å². The summed E-state index contributed by atoms with van der Waals surface area (Å²) in [7, 11) is 2.19. The number of piperidine rings is 1. The van der Waals surface area contributed by atoms with E-state index in [9.17, 15) is 9.90 Å². The van der Waals surface area contributed by atoms with Crippen molar-refractivity contribution in [3.05, 3.63) is 65.7 Å². The zero-order valence-electron chi connectivity index (χ0n) is 16.3. The molecule has 1 saturated heterocycles. The molecule has 5 nitrogen and oxygen atoms in total. The molecule has 0 unspecified atom stereocenters. The molecular formula is C23H27N3O2. The summed E-state index contributed by atoms with van der Waals surface area (Å²) < 4.78 is 0. The number of aromatic nitrogens is 1. The zero-order valence-corrected chi connectivity index (χ0v) is 16.3. The maximum Gasteiger partial charge on any atom is 0.253 e. The van der Waals surface area contributed by atoms with E-state index >= 15 is 0 Å². The fourth-order valence-corrected chi connectivity index (χ4v) is 4.08. The average Bonchev–Trinajstić information content (AvgIpc) is 3.11. The van der Waals surface area contributed by atoms with Gasteiger partial charge in [0.15, 0.2) is 5.88 Å². The molecule has 5 heteroatoms. The number of H-pyrrole nitrogens is 1. The predicted octanol–water partition coefficient (Wildman–Crippen LogP) is 3.65. The predicted molar refractivity (Wildman–Crippen MR) is 112 cm³/mol. The minimum Gasteiger partial charge on any atom is -0.495 e. The minimum atomic E-state index is 0.0768. The van der Waals surface area contributed by atoms with Crippen molar-refractivity contribution in [1.29, 1.82) is 0 Å². The van der Waals surface area contributed by atoms with Gasteiger partial charge in [0.1, 0.15) is 0 Å². The topological polar surface area (TPSA) is 59.6 Å². The van der Waals surface area contributed by atoms with Crippen LogP contribution in [-0.4, -0.2) is 58.5 Å². The van der Waals surface area contributed by atoms with Crippen LogP contribution in [0, 0.1) is 0 Å². The van der Waals surface area contributed by atoms with Crippen LogP contribution >= 0.6 is 0 Å². The number of nitrogens with one attached hydrogen (secondary N) is 1. The first-order valence-corrected chi connectivity index (χ1v) is 9.95. The lowest BCUT2D eigenvalue weighted by Gasteiger charge is -2.37. The number of carbonyl (C=O) groups excluding carboxylic acids is 1. The largest absolute Gasteiger partial charge is 0.495 e.